The number of carbonyl (C=O) groups excluding carboxylic acids is 1. The molecule has 1 aliphatic heterocycles. The molecular formula is C16H10F3NO4S. The first kappa shape index (κ1) is 17.2. The zero-order valence-corrected chi connectivity index (χ0v) is 13.2. The van der Waals surface area contributed by atoms with E-state index >= 15 is 0 Å². The van der Waals surface area contributed by atoms with Crippen molar-refractivity contribution in [3.05, 3.63) is 65.0 Å². The van der Waals surface area contributed by atoms with Crippen LogP contribution in [0.5, 0.6) is 0 Å². The van der Waals surface area contributed by atoms with Crippen LogP contribution in [0.4, 0.5) is 13.2 Å². The van der Waals surface area contributed by atoms with Crippen molar-refractivity contribution in [2.45, 2.75) is 4.90 Å². The van der Waals surface area contributed by atoms with Crippen molar-refractivity contribution in [2.24, 2.45) is 5.14 Å². The van der Waals surface area contributed by atoms with E-state index < -0.39 is 38.3 Å². The second-order valence-corrected chi connectivity index (χ2v) is 6.78. The van der Waals surface area contributed by atoms with Crippen LogP contribution in [-0.2, 0) is 19.6 Å². The summed E-state index contributed by atoms with van der Waals surface area (Å²) in [5.74, 6) is -4.12. The molecule has 1 aliphatic rings. The van der Waals surface area contributed by atoms with Crippen LogP contribution in [0.25, 0.3) is 11.1 Å². The standard InChI is InChI=1S/C16H10F3NO4S/c17-11-3-1-9(6-12(11)18)15-10(7-24-16(15)21)8-2-4-14(13(19)5-8)25(20,22)23/h1-6H,7H2,(H2,20,22,23). The Morgan fingerprint density at radius 3 is 2.16 bits per heavy atom. The maximum atomic E-state index is 14.0. The number of nitrogens with two attached hydrogens (primary N) is 1. The van der Waals surface area contributed by atoms with Gasteiger partial charge in [-0.15, -0.1) is 0 Å². The molecule has 9 heteroatoms. The Kier molecular flexibility index (Phi) is 4.13. The zero-order valence-electron chi connectivity index (χ0n) is 12.4. The molecule has 0 saturated heterocycles. The average Bonchev–Trinajstić information content (AvgIpc) is 2.90. The van der Waals surface area contributed by atoms with E-state index in [4.69, 9.17) is 9.88 Å². The Morgan fingerprint density at radius 2 is 1.56 bits per heavy atom. The minimum Gasteiger partial charge on any atom is -0.457 e. The fourth-order valence-electron chi connectivity index (χ4n) is 2.50. The SMILES string of the molecule is NS(=O)(=O)c1ccc(C2=C(c3ccc(F)c(F)c3)C(=O)OC2)cc1F. The molecule has 0 bridgehead atoms. The lowest BCUT2D eigenvalue weighted by Gasteiger charge is -2.07. The average molecular weight is 369 g/mol. The van der Waals surface area contributed by atoms with E-state index in [9.17, 15) is 26.4 Å². The third-order valence-electron chi connectivity index (χ3n) is 3.65. The number of hydrogen-bond donors (Lipinski definition) is 1. The van der Waals surface area contributed by atoms with Gasteiger partial charge in [-0.25, -0.2) is 31.5 Å². The summed E-state index contributed by atoms with van der Waals surface area (Å²) in [6.45, 7) is -0.221. The molecular weight excluding hydrogens is 359 g/mol. The number of halogens is 3. The molecule has 5 nitrogen and oxygen atoms in total. The molecule has 3 rings (SSSR count). The molecule has 0 atom stereocenters. The zero-order chi connectivity index (χ0) is 18.4. The van der Waals surface area contributed by atoms with Crippen molar-refractivity contribution in [3.8, 4) is 0 Å². The van der Waals surface area contributed by atoms with Gasteiger partial charge in [-0.1, -0.05) is 12.1 Å². The highest BCUT2D eigenvalue weighted by Gasteiger charge is 2.28. The summed E-state index contributed by atoms with van der Waals surface area (Å²) in [6.07, 6.45) is 0. The van der Waals surface area contributed by atoms with Crippen molar-refractivity contribution in [3.63, 3.8) is 0 Å². The highest BCUT2D eigenvalue weighted by atomic mass is 32.2. The number of rotatable bonds is 3. The number of carbonyl (C=O) groups is 1. The first-order valence-corrected chi connectivity index (χ1v) is 8.41. The lowest BCUT2D eigenvalue weighted by atomic mass is 9.96. The molecule has 2 N–H and O–H groups in total. The quantitative estimate of drug-likeness (QED) is 0.841. The summed E-state index contributed by atoms with van der Waals surface area (Å²) in [5.41, 5.74) is 0.389. The second-order valence-electron chi connectivity index (χ2n) is 5.25. The normalized spacial score (nSPS) is 14.8. The first-order chi connectivity index (χ1) is 11.7. The van der Waals surface area contributed by atoms with Crippen LogP contribution in [0.15, 0.2) is 41.3 Å². The number of hydrogen-bond acceptors (Lipinski definition) is 4. The van der Waals surface area contributed by atoms with Gasteiger partial charge in [0.15, 0.2) is 11.6 Å². The molecule has 0 radical (unpaired) electrons. The maximum Gasteiger partial charge on any atom is 0.339 e. The fourth-order valence-corrected chi connectivity index (χ4v) is 3.08. The topological polar surface area (TPSA) is 86.5 Å². The van der Waals surface area contributed by atoms with Crippen LogP contribution in [0.2, 0.25) is 0 Å². The largest absolute Gasteiger partial charge is 0.457 e. The minimum atomic E-state index is -4.24. The predicted molar refractivity (Wildman–Crippen MR) is 81.9 cm³/mol. The Morgan fingerprint density at radius 1 is 0.920 bits per heavy atom. The van der Waals surface area contributed by atoms with Crippen molar-refractivity contribution >= 4 is 27.1 Å². The summed E-state index contributed by atoms with van der Waals surface area (Å²) < 4.78 is 68.0. The highest BCUT2D eigenvalue weighted by Crippen LogP contribution is 2.34. The monoisotopic (exact) mass is 369 g/mol. The molecule has 130 valence electrons. The lowest BCUT2D eigenvalue weighted by Crippen LogP contribution is -2.14. The summed E-state index contributed by atoms with van der Waals surface area (Å²) in [6, 6.07) is 5.96. The number of sulfonamides is 1. The van der Waals surface area contributed by atoms with Gasteiger partial charge in [0.05, 0.1) is 5.57 Å². The predicted octanol–water partition coefficient (Wildman–Crippen LogP) is 2.22. The molecule has 2 aromatic carbocycles. The van der Waals surface area contributed by atoms with Gasteiger partial charge in [0.25, 0.3) is 0 Å². The molecule has 25 heavy (non-hydrogen) atoms. The summed E-state index contributed by atoms with van der Waals surface area (Å²) in [5, 5.41) is 4.90. The Hall–Kier alpha value is -2.65. The van der Waals surface area contributed by atoms with Crippen LogP contribution in [0, 0.1) is 17.5 Å². The third-order valence-corrected chi connectivity index (χ3v) is 4.59. The van der Waals surface area contributed by atoms with Gasteiger partial charge in [0.1, 0.15) is 17.3 Å². The number of esters is 1. The number of benzene rings is 2. The first-order valence-electron chi connectivity index (χ1n) is 6.87. The summed E-state index contributed by atoms with van der Waals surface area (Å²) in [4.78, 5) is 11.3. The molecule has 2 aromatic rings. The third kappa shape index (κ3) is 3.15. The summed E-state index contributed by atoms with van der Waals surface area (Å²) in [7, 11) is -4.24. The molecule has 0 saturated carbocycles. The van der Waals surface area contributed by atoms with Gasteiger partial charge in [-0.2, -0.15) is 0 Å². The van der Waals surface area contributed by atoms with E-state index in [0.29, 0.717) is 0 Å². The molecule has 0 fully saturated rings. The van der Waals surface area contributed by atoms with E-state index in [0.717, 1.165) is 24.3 Å². The smallest absolute Gasteiger partial charge is 0.339 e. The number of ether oxygens (including phenoxy) is 1. The van der Waals surface area contributed by atoms with Gasteiger partial charge in [0.2, 0.25) is 10.0 Å². The number of cyclic esters (lactones) is 1. The maximum absolute atomic E-state index is 14.0. The van der Waals surface area contributed by atoms with Crippen molar-refractivity contribution in [1.82, 2.24) is 0 Å². The molecule has 0 spiro atoms. The highest BCUT2D eigenvalue weighted by molar-refractivity contribution is 7.89. The molecule has 0 amide bonds. The molecule has 0 aromatic heterocycles. The van der Waals surface area contributed by atoms with Gasteiger partial charge in [0, 0.05) is 5.57 Å². The minimum absolute atomic E-state index is 0.0540. The van der Waals surface area contributed by atoms with Crippen molar-refractivity contribution in [1.29, 1.82) is 0 Å². The Labute approximate surface area is 140 Å². The van der Waals surface area contributed by atoms with E-state index in [-0.39, 0.29) is 28.9 Å². The lowest BCUT2D eigenvalue weighted by molar-refractivity contribution is -0.133. The van der Waals surface area contributed by atoms with Gasteiger partial charge < -0.3 is 4.74 Å². The Bertz CT molecular complexity index is 1030. The van der Waals surface area contributed by atoms with Gasteiger partial charge >= 0.3 is 5.97 Å². The molecule has 0 unspecified atom stereocenters. The van der Waals surface area contributed by atoms with Crippen molar-refractivity contribution in [2.75, 3.05) is 6.61 Å². The molecule has 0 aliphatic carbocycles. The van der Waals surface area contributed by atoms with E-state index in [1.807, 2.05) is 0 Å². The van der Waals surface area contributed by atoms with Crippen LogP contribution in [-0.4, -0.2) is 21.0 Å². The Balaban J connectivity index is 2.16. The second kappa shape index (κ2) is 6.01. The van der Waals surface area contributed by atoms with Crippen molar-refractivity contribution < 1.29 is 31.1 Å². The van der Waals surface area contributed by atoms with Gasteiger partial charge in [-0.3, -0.25) is 0 Å². The van der Waals surface area contributed by atoms with Crippen LogP contribution in [0.1, 0.15) is 11.1 Å². The molecule has 1 heterocycles. The van der Waals surface area contributed by atoms with E-state index in [1.165, 1.54) is 12.1 Å². The van der Waals surface area contributed by atoms with Gasteiger partial charge in [-0.05, 0) is 35.4 Å². The fraction of sp³-hybridized carbons (Fsp3) is 0.0625. The van der Waals surface area contributed by atoms with E-state index in [2.05, 4.69) is 0 Å². The van der Waals surface area contributed by atoms with Crippen LogP contribution < -0.4 is 5.14 Å². The summed E-state index contributed by atoms with van der Waals surface area (Å²) >= 11 is 0. The van der Waals surface area contributed by atoms with Crippen LogP contribution >= 0.6 is 0 Å². The van der Waals surface area contributed by atoms with Crippen LogP contribution in [0.3, 0.4) is 0 Å². The van der Waals surface area contributed by atoms with E-state index in [1.54, 1.807) is 0 Å². The number of primary sulfonamides is 1.